The Labute approximate surface area is 249 Å². The first-order valence-electron chi connectivity index (χ1n) is 13.2. The van der Waals surface area contributed by atoms with E-state index < -0.39 is 15.7 Å². The summed E-state index contributed by atoms with van der Waals surface area (Å²) in [5, 5.41) is 6.33. The van der Waals surface area contributed by atoms with E-state index >= 15 is 0 Å². The molecule has 0 aliphatic rings. The maximum Gasteiger partial charge on any atom is 0.295 e. The van der Waals surface area contributed by atoms with Crippen molar-refractivity contribution in [2.24, 2.45) is 7.05 Å². The molecule has 0 radical (unpaired) electrons. The largest absolute Gasteiger partial charge is 0.381 e. The fourth-order valence-corrected chi connectivity index (χ4v) is 6.56. The molecule has 0 saturated carbocycles. The molecule has 1 amide bonds. The smallest absolute Gasteiger partial charge is 0.295 e. The number of hydrogen-bond acceptors (Lipinski definition) is 5. The number of para-hydroxylation sites is 1. The number of nitrogens with one attached hydrogen (secondary N) is 2. The zero-order chi connectivity index (χ0) is 30.0. The molecule has 2 N–H and O–H groups in total. The third-order valence-electron chi connectivity index (χ3n) is 7.16. The number of carbonyl (C=O) groups excluding carboxylic acids is 1. The van der Waals surface area contributed by atoms with E-state index in [2.05, 4.69) is 10.6 Å². The summed E-state index contributed by atoms with van der Waals surface area (Å²) in [6, 6.07) is 27.5. The number of halogens is 1. The predicted molar refractivity (Wildman–Crippen MR) is 166 cm³/mol. The van der Waals surface area contributed by atoms with Crippen LogP contribution in [0.25, 0.3) is 5.69 Å². The van der Waals surface area contributed by atoms with Crippen molar-refractivity contribution in [3.63, 3.8) is 0 Å². The monoisotopic (exact) mass is 600 g/mol. The van der Waals surface area contributed by atoms with Gasteiger partial charge in [-0.1, -0.05) is 60.1 Å². The van der Waals surface area contributed by atoms with E-state index in [9.17, 15) is 18.0 Å². The average Bonchev–Trinajstić information content (AvgIpc) is 3.21. The van der Waals surface area contributed by atoms with E-state index in [0.29, 0.717) is 39.8 Å². The van der Waals surface area contributed by atoms with E-state index in [0.717, 1.165) is 5.56 Å². The molecule has 0 spiro atoms. The van der Waals surface area contributed by atoms with E-state index in [1.807, 2.05) is 30.3 Å². The average molecular weight is 601 g/mol. The van der Waals surface area contributed by atoms with Crippen molar-refractivity contribution in [2.75, 3.05) is 10.6 Å². The van der Waals surface area contributed by atoms with Gasteiger partial charge in [-0.15, -0.1) is 0 Å². The predicted octanol–water partition coefficient (Wildman–Crippen LogP) is 6.14. The standard InChI is InChI=1S/C32H29ClN4O4S/c1-21-28(18-25(33)19-29(21)42(40,41)27-12-8-5-9-13-27)34-20-23-14-16-24(17-15-23)31(38)35-30-22(2)36(3)37(32(30)39)26-10-6-4-7-11-26/h4-19,34H,20H2,1-3H3,(H,35,38). The van der Waals surface area contributed by atoms with Gasteiger partial charge in [-0.3, -0.25) is 14.3 Å². The molecular formula is C32H29ClN4O4S. The lowest BCUT2D eigenvalue weighted by Gasteiger charge is -2.15. The van der Waals surface area contributed by atoms with Gasteiger partial charge in [-0.2, -0.15) is 0 Å². The highest BCUT2D eigenvalue weighted by Crippen LogP contribution is 2.32. The van der Waals surface area contributed by atoms with Crippen molar-refractivity contribution in [2.45, 2.75) is 30.2 Å². The van der Waals surface area contributed by atoms with E-state index in [4.69, 9.17) is 11.6 Å². The summed E-state index contributed by atoms with van der Waals surface area (Å²) in [7, 11) is -1.99. The minimum Gasteiger partial charge on any atom is -0.381 e. The molecule has 0 aliphatic carbocycles. The minimum atomic E-state index is -3.76. The fourth-order valence-electron chi connectivity index (χ4n) is 4.71. The second kappa shape index (κ2) is 11.7. The zero-order valence-corrected chi connectivity index (χ0v) is 24.8. The Morgan fingerprint density at radius 2 is 1.50 bits per heavy atom. The molecule has 0 aliphatic heterocycles. The van der Waals surface area contributed by atoms with Crippen LogP contribution in [0.5, 0.6) is 0 Å². The lowest BCUT2D eigenvalue weighted by atomic mass is 10.1. The number of rotatable bonds is 8. The molecule has 5 aromatic rings. The van der Waals surface area contributed by atoms with Crippen LogP contribution in [-0.2, 0) is 23.4 Å². The van der Waals surface area contributed by atoms with Crippen molar-refractivity contribution >= 4 is 38.7 Å². The van der Waals surface area contributed by atoms with Gasteiger partial charge in [0.15, 0.2) is 0 Å². The van der Waals surface area contributed by atoms with Crippen LogP contribution in [0, 0.1) is 13.8 Å². The molecule has 42 heavy (non-hydrogen) atoms. The van der Waals surface area contributed by atoms with Gasteiger partial charge in [0.25, 0.3) is 11.5 Å². The molecule has 0 bridgehead atoms. The Morgan fingerprint density at radius 3 is 2.14 bits per heavy atom. The number of amides is 1. The van der Waals surface area contributed by atoms with Crippen LogP contribution in [0.3, 0.4) is 0 Å². The highest BCUT2D eigenvalue weighted by atomic mass is 35.5. The van der Waals surface area contributed by atoms with Gasteiger partial charge in [-0.05, 0) is 73.5 Å². The first kappa shape index (κ1) is 28.9. The Morgan fingerprint density at radius 1 is 0.881 bits per heavy atom. The summed E-state index contributed by atoms with van der Waals surface area (Å²) in [4.78, 5) is 26.5. The number of benzene rings is 4. The Hall–Kier alpha value is -4.60. The number of anilines is 2. The quantitative estimate of drug-likeness (QED) is 0.223. The third kappa shape index (κ3) is 5.61. The molecule has 10 heteroatoms. The molecule has 0 unspecified atom stereocenters. The molecule has 5 rings (SSSR count). The van der Waals surface area contributed by atoms with Gasteiger partial charge < -0.3 is 10.6 Å². The van der Waals surface area contributed by atoms with Gasteiger partial charge in [0.05, 0.1) is 21.2 Å². The Kier molecular flexibility index (Phi) is 8.06. The van der Waals surface area contributed by atoms with E-state index in [1.54, 1.807) is 86.2 Å². The maximum absolute atomic E-state index is 13.3. The Balaban J connectivity index is 1.31. The summed E-state index contributed by atoms with van der Waals surface area (Å²) < 4.78 is 29.7. The molecule has 214 valence electrons. The topological polar surface area (TPSA) is 102 Å². The molecular weight excluding hydrogens is 572 g/mol. The molecule has 0 atom stereocenters. The number of carbonyl (C=O) groups is 1. The van der Waals surface area contributed by atoms with Crippen LogP contribution in [0.4, 0.5) is 11.4 Å². The minimum absolute atomic E-state index is 0.137. The van der Waals surface area contributed by atoms with E-state index in [-0.39, 0.29) is 21.0 Å². The maximum atomic E-state index is 13.3. The molecule has 0 fully saturated rings. The lowest BCUT2D eigenvalue weighted by Crippen LogP contribution is -2.23. The SMILES string of the molecule is Cc1c(NCc2ccc(C(=O)Nc3c(C)n(C)n(-c4ccccc4)c3=O)cc2)cc(Cl)cc1S(=O)(=O)c1ccccc1. The van der Waals surface area contributed by atoms with Crippen LogP contribution in [-0.4, -0.2) is 23.7 Å². The van der Waals surface area contributed by atoms with Crippen molar-refractivity contribution in [1.29, 1.82) is 0 Å². The summed E-state index contributed by atoms with van der Waals surface area (Å²) >= 11 is 6.31. The van der Waals surface area contributed by atoms with Crippen molar-refractivity contribution in [3.05, 3.63) is 135 Å². The van der Waals surface area contributed by atoms with Gasteiger partial charge in [-0.25, -0.2) is 13.1 Å². The zero-order valence-electron chi connectivity index (χ0n) is 23.3. The van der Waals surface area contributed by atoms with Crippen LogP contribution < -0.4 is 16.2 Å². The number of nitrogens with zero attached hydrogens (tertiary/aromatic N) is 2. The summed E-state index contributed by atoms with van der Waals surface area (Å²) in [5.74, 6) is -0.401. The number of sulfone groups is 1. The highest BCUT2D eigenvalue weighted by molar-refractivity contribution is 7.91. The van der Waals surface area contributed by atoms with Crippen LogP contribution in [0.15, 0.2) is 112 Å². The second-order valence-electron chi connectivity index (χ2n) is 9.83. The molecule has 1 aromatic heterocycles. The first-order valence-corrected chi connectivity index (χ1v) is 15.0. The van der Waals surface area contributed by atoms with E-state index in [1.165, 1.54) is 10.7 Å². The van der Waals surface area contributed by atoms with Crippen molar-refractivity contribution in [3.8, 4) is 5.69 Å². The summed E-state index contributed by atoms with van der Waals surface area (Å²) in [5.41, 5.74) is 3.62. The van der Waals surface area contributed by atoms with Gasteiger partial charge in [0, 0.05) is 29.9 Å². The lowest BCUT2D eigenvalue weighted by molar-refractivity contribution is 0.102. The van der Waals surface area contributed by atoms with Crippen molar-refractivity contribution < 1.29 is 13.2 Å². The fraction of sp³-hybridized carbons (Fsp3) is 0.125. The van der Waals surface area contributed by atoms with Crippen LogP contribution in [0.1, 0.15) is 27.2 Å². The highest BCUT2D eigenvalue weighted by Gasteiger charge is 2.22. The summed E-state index contributed by atoms with van der Waals surface area (Å²) in [6.45, 7) is 3.88. The van der Waals surface area contributed by atoms with Gasteiger partial charge >= 0.3 is 0 Å². The van der Waals surface area contributed by atoms with Crippen LogP contribution >= 0.6 is 11.6 Å². The molecule has 8 nitrogen and oxygen atoms in total. The first-order chi connectivity index (χ1) is 20.1. The number of aromatic nitrogens is 2. The van der Waals surface area contributed by atoms with Crippen molar-refractivity contribution in [1.82, 2.24) is 9.36 Å². The van der Waals surface area contributed by atoms with Gasteiger partial charge in [0.2, 0.25) is 9.84 Å². The molecule has 0 saturated heterocycles. The molecule has 1 heterocycles. The summed E-state index contributed by atoms with van der Waals surface area (Å²) in [6.07, 6.45) is 0. The van der Waals surface area contributed by atoms with Gasteiger partial charge in [0.1, 0.15) is 5.69 Å². The Bertz CT molecular complexity index is 1930. The van der Waals surface area contributed by atoms with Crippen LogP contribution in [0.2, 0.25) is 5.02 Å². The second-order valence-corrected chi connectivity index (χ2v) is 12.2. The normalized spacial score (nSPS) is 11.3. The molecule has 4 aromatic carbocycles. The number of hydrogen-bond donors (Lipinski definition) is 2. The third-order valence-corrected chi connectivity index (χ3v) is 9.27.